The van der Waals surface area contributed by atoms with Gasteiger partial charge in [0, 0.05) is 6.54 Å². The third-order valence-electron chi connectivity index (χ3n) is 4.54. The number of methoxy groups -OCH3 is 1. The molecule has 0 saturated heterocycles. The van der Waals surface area contributed by atoms with Crippen LogP contribution in [-0.2, 0) is 11.2 Å². The Morgan fingerprint density at radius 3 is 2.59 bits per heavy atom. The van der Waals surface area contributed by atoms with Gasteiger partial charge in [0.25, 0.3) is 5.91 Å². The molecule has 0 fully saturated rings. The first-order chi connectivity index (χ1) is 12.9. The van der Waals surface area contributed by atoms with E-state index >= 15 is 0 Å². The van der Waals surface area contributed by atoms with Gasteiger partial charge < -0.3 is 14.8 Å². The minimum absolute atomic E-state index is 0.0862. The second-order valence-electron chi connectivity index (χ2n) is 7.20. The number of nitrogens with one attached hydrogen (secondary N) is 1. The van der Waals surface area contributed by atoms with Gasteiger partial charge >= 0.3 is 0 Å². The summed E-state index contributed by atoms with van der Waals surface area (Å²) in [4.78, 5) is 12.4. The van der Waals surface area contributed by atoms with Crippen LogP contribution in [0.5, 0.6) is 11.5 Å². The van der Waals surface area contributed by atoms with Gasteiger partial charge in [-0.15, -0.1) is 0 Å². The Balaban J connectivity index is 1.83. The van der Waals surface area contributed by atoms with Crippen molar-refractivity contribution in [2.45, 2.75) is 52.6 Å². The van der Waals surface area contributed by atoms with Gasteiger partial charge in [-0.3, -0.25) is 4.79 Å². The molecule has 2 aromatic carbocycles. The molecule has 2 rings (SSSR count). The Kier molecular flexibility index (Phi) is 7.71. The summed E-state index contributed by atoms with van der Waals surface area (Å²) in [5, 5.41) is 2.97. The van der Waals surface area contributed by atoms with Crippen LogP contribution in [0.4, 0.5) is 0 Å². The number of hydrogen-bond acceptors (Lipinski definition) is 3. The quantitative estimate of drug-likeness (QED) is 0.655. The second kappa shape index (κ2) is 10.0. The van der Waals surface area contributed by atoms with E-state index in [4.69, 9.17) is 9.47 Å². The summed E-state index contributed by atoms with van der Waals surface area (Å²) < 4.78 is 11.2. The molecular formula is C23H31NO3. The number of aryl methyl sites for hydroxylation is 2. The third-order valence-corrected chi connectivity index (χ3v) is 4.54. The Morgan fingerprint density at radius 1 is 1.11 bits per heavy atom. The van der Waals surface area contributed by atoms with Gasteiger partial charge in [0.05, 0.1) is 7.11 Å². The van der Waals surface area contributed by atoms with Crippen LogP contribution in [0.25, 0.3) is 0 Å². The van der Waals surface area contributed by atoms with Crippen molar-refractivity contribution in [3.05, 3.63) is 59.2 Å². The van der Waals surface area contributed by atoms with Gasteiger partial charge in [-0.2, -0.15) is 0 Å². The first-order valence-electron chi connectivity index (χ1n) is 9.58. The van der Waals surface area contributed by atoms with Crippen molar-refractivity contribution >= 4 is 5.91 Å². The third kappa shape index (κ3) is 6.31. The van der Waals surface area contributed by atoms with Crippen LogP contribution < -0.4 is 14.8 Å². The molecule has 4 nitrogen and oxygen atoms in total. The van der Waals surface area contributed by atoms with E-state index in [1.807, 2.05) is 31.2 Å². The standard InChI is InChI=1S/C23H31NO3/c1-16(2)21-12-11-17(3)14-22(21)27-18(4)23(25)24-13-7-9-19-8-6-10-20(15-19)26-5/h6,8,10-12,14-16,18H,7,9,13H2,1-5H3,(H,24,25). The van der Waals surface area contributed by atoms with Crippen molar-refractivity contribution in [1.82, 2.24) is 5.32 Å². The van der Waals surface area contributed by atoms with Crippen LogP contribution in [0.2, 0.25) is 0 Å². The summed E-state index contributed by atoms with van der Waals surface area (Å²) in [6.45, 7) is 8.69. The van der Waals surface area contributed by atoms with Crippen LogP contribution in [0.15, 0.2) is 42.5 Å². The van der Waals surface area contributed by atoms with Gasteiger partial charge in [0.1, 0.15) is 11.5 Å². The molecule has 0 spiro atoms. The molecule has 0 aliphatic carbocycles. The average molecular weight is 370 g/mol. The van der Waals surface area contributed by atoms with Crippen LogP contribution in [0, 0.1) is 6.92 Å². The fourth-order valence-corrected chi connectivity index (χ4v) is 2.94. The predicted octanol–water partition coefficient (Wildman–Crippen LogP) is 4.64. The summed E-state index contributed by atoms with van der Waals surface area (Å²) in [7, 11) is 1.67. The molecule has 1 amide bonds. The molecule has 0 aliphatic rings. The highest BCUT2D eigenvalue weighted by Gasteiger charge is 2.17. The van der Waals surface area contributed by atoms with Gasteiger partial charge in [-0.05, 0) is 67.5 Å². The summed E-state index contributed by atoms with van der Waals surface area (Å²) in [5.74, 6) is 1.91. The van der Waals surface area contributed by atoms with Gasteiger partial charge in [0.15, 0.2) is 6.10 Å². The maximum Gasteiger partial charge on any atom is 0.260 e. The number of carbonyl (C=O) groups excluding carboxylic acids is 1. The van der Waals surface area contributed by atoms with E-state index in [9.17, 15) is 4.79 Å². The van der Waals surface area contributed by atoms with Crippen molar-refractivity contribution in [2.24, 2.45) is 0 Å². The van der Waals surface area contributed by atoms with Crippen LogP contribution in [0.1, 0.15) is 49.8 Å². The van der Waals surface area contributed by atoms with Crippen molar-refractivity contribution in [1.29, 1.82) is 0 Å². The first kappa shape index (κ1) is 20.8. The highest BCUT2D eigenvalue weighted by Crippen LogP contribution is 2.28. The second-order valence-corrected chi connectivity index (χ2v) is 7.20. The maximum absolute atomic E-state index is 12.4. The molecule has 1 unspecified atom stereocenters. The van der Waals surface area contributed by atoms with Crippen LogP contribution >= 0.6 is 0 Å². The molecule has 0 radical (unpaired) electrons. The fourth-order valence-electron chi connectivity index (χ4n) is 2.94. The lowest BCUT2D eigenvalue weighted by Crippen LogP contribution is -2.37. The SMILES string of the molecule is COc1cccc(CCCNC(=O)C(C)Oc2cc(C)ccc2C(C)C)c1. The molecule has 0 aromatic heterocycles. The van der Waals surface area contributed by atoms with Crippen molar-refractivity contribution in [3.8, 4) is 11.5 Å². The topological polar surface area (TPSA) is 47.6 Å². The van der Waals surface area contributed by atoms with Crippen molar-refractivity contribution in [2.75, 3.05) is 13.7 Å². The number of rotatable bonds is 9. The maximum atomic E-state index is 12.4. The van der Waals surface area contributed by atoms with Gasteiger partial charge in [-0.25, -0.2) is 0 Å². The zero-order chi connectivity index (χ0) is 19.8. The zero-order valence-electron chi connectivity index (χ0n) is 17.0. The largest absolute Gasteiger partial charge is 0.497 e. The number of ether oxygens (including phenoxy) is 2. The summed E-state index contributed by atoms with van der Waals surface area (Å²) in [5.41, 5.74) is 3.45. The van der Waals surface area contributed by atoms with E-state index < -0.39 is 6.10 Å². The lowest BCUT2D eigenvalue weighted by Gasteiger charge is -2.19. The molecule has 0 saturated carbocycles. The lowest BCUT2D eigenvalue weighted by atomic mass is 10.0. The van der Waals surface area contributed by atoms with E-state index in [1.165, 1.54) is 5.56 Å². The Morgan fingerprint density at radius 2 is 1.89 bits per heavy atom. The molecule has 2 aromatic rings. The molecule has 146 valence electrons. The summed E-state index contributed by atoms with van der Waals surface area (Å²) >= 11 is 0. The zero-order valence-corrected chi connectivity index (χ0v) is 17.0. The minimum Gasteiger partial charge on any atom is -0.497 e. The number of amides is 1. The Labute approximate surface area is 162 Å². The molecular weight excluding hydrogens is 338 g/mol. The highest BCUT2D eigenvalue weighted by atomic mass is 16.5. The predicted molar refractivity (Wildman–Crippen MR) is 110 cm³/mol. The fraction of sp³-hybridized carbons (Fsp3) is 0.435. The van der Waals surface area contributed by atoms with Crippen LogP contribution in [-0.4, -0.2) is 25.7 Å². The number of benzene rings is 2. The van der Waals surface area contributed by atoms with Gasteiger partial charge in [-0.1, -0.05) is 38.1 Å². The van der Waals surface area contributed by atoms with E-state index in [0.717, 1.165) is 35.5 Å². The van der Waals surface area contributed by atoms with Crippen molar-refractivity contribution < 1.29 is 14.3 Å². The van der Waals surface area contributed by atoms with E-state index in [2.05, 4.69) is 37.4 Å². The molecule has 0 heterocycles. The number of carbonyl (C=O) groups is 1. The first-order valence-corrected chi connectivity index (χ1v) is 9.58. The Hall–Kier alpha value is -2.49. The van der Waals surface area contributed by atoms with Crippen molar-refractivity contribution in [3.63, 3.8) is 0 Å². The van der Waals surface area contributed by atoms with E-state index in [-0.39, 0.29) is 5.91 Å². The highest BCUT2D eigenvalue weighted by molar-refractivity contribution is 5.80. The molecule has 4 heteroatoms. The summed E-state index contributed by atoms with van der Waals surface area (Å²) in [6, 6.07) is 14.2. The molecule has 0 aliphatic heterocycles. The molecule has 0 bridgehead atoms. The normalized spacial score (nSPS) is 11.9. The Bertz CT molecular complexity index is 755. The number of hydrogen-bond donors (Lipinski definition) is 1. The smallest absolute Gasteiger partial charge is 0.260 e. The summed E-state index contributed by atoms with van der Waals surface area (Å²) in [6.07, 6.45) is 1.23. The molecule has 1 N–H and O–H groups in total. The monoisotopic (exact) mass is 369 g/mol. The van der Waals surface area contributed by atoms with Gasteiger partial charge in [0.2, 0.25) is 0 Å². The van der Waals surface area contributed by atoms with E-state index in [0.29, 0.717) is 12.5 Å². The molecule has 27 heavy (non-hydrogen) atoms. The van der Waals surface area contributed by atoms with Crippen LogP contribution in [0.3, 0.4) is 0 Å². The minimum atomic E-state index is -0.527. The van der Waals surface area contributed by atoms with E-state index in [1.54, 1.807) is 14.0 Å². The molecule has 1 atom stereocenters. The lowest BCUT2D eigenvalue weighted by molar-refractivity contribution is -0.127. The average Bonchev–Trinajstić information content (AvgIpc) is 2.65.